The highest BCUT2D eigenvalue weighted by Crippen LogP contribution is 2.25. The number of hydrogen-bond acceptors (Lipinski definition) is 4. The summed E-state index contributed by atoms with van der Waals surface area (Å²) >= 11 is 0. The largest absolute Gasteiger partial charge is 0.478 e. The van der Waals surface area contributed by atoms with Gasteiger partial charge in [0.2, 0.25) is 0 Å². The van der Waals surface area contributed by atoms with Gasteiger partial charge in [0.25, 0.3) is 5.91 Å². The number of piperidine rings is 1. The van der Waals surface area contributed by atoms with Gasteiger partial charge in [-0.15, -0.1) is 0 Å². The molecule has 28 heavy (non-hydrogen) atoms. The van der Waals surface area contributed by atoms with Crippen molar-refractivity contribution in [3.8, 4) is 5.69 Å². The van der Waals surface area contributed by atoms with E-state index in [0.29, 0.717) is 24.3 Å². The molecule has 3 heterocycles. The summed E-state index contributed by atoms with van der Waals surface area (Å²) in [6, 6.07) is 9.37. The summed E-state index contributed by atoms with van der Waals surface area (Å²) in [6.07, 6.45) is 6.46. The molecule has 1 N–H and O–H groups in total. The lowest BCUT2D eigenvalue weighted by atomic mass is 10.0. The first-order valence-corrected chi connectivity index (χ1v) is 9.21. The number of hydrogen-bond donors (Lipinski definition) is 1. The number of carboxylic acid groups (broad SMARTS) is 1. The van der Waals surface area contributed by atoms with E-state index in [9.17, 15) is 14.7 Å². The summed E-state index contributed by atoms with van der Waals surface area (Å²) in [5.74, 6) is -0.955. The highest BCUT2D eigenvalue weighted by atomic mass is 16.4. The van der Waals surface area contributed by atoms with Gasteiger partial charge in [-0.3, -0.25) is 9.48 Å². The predicted molar refractivity (Wildman–Crippen MR) is 102 cm³/mol. The number of nitrogens with zero attached hydrogens (tertiary/aromatic N) is 5. The number of benzene rings is 1. The van der Waals surface area contributed by atoms with Gasteiger partial charge in [0, 0.05) is 31.0 Å². The van der Waals surface area contributed by atoms with Crippen LogP contribution in [0.4, 0.5) is 0 Å². The van der Waals surface area contributed by atoms with Crippen molar-refractivity contribution in [1.29, 1.82) is 0 Å². The first-order chi connectivity index (χ1) is 13.5. The fourth-order valence-corrected chi connectivity index (χ4v) is 3.68. The van der Waals surface area contributed by atoms with Gasteiger partial charge in [-0.05, 0) is 50.1 Å². The highest BCUT2D eigenvalue weighted by Gasteiger charge is 2.27. The molecule has 0 spiro atoms. The summed E-state index contributed by atoms with van der Waals surface area (Å²) in [5.41, 5.74) is 2.45. The lowest BCUT2D eigenvalue weighted by molar-refractivity contribution is 0.0688. The van der Waals surface area contributed by atoms with Gasteiger partial charge in [0.15, 0.2) is 0 Å². The molecule has 0 aliphatic carbocycles. The summed E-state index contributed by atoms with van der Waals surface area (Å²) in [6.45, 7) is 3.01. The van der Waals surface area contributed by atoms with Crippen LogP contribution in [0.3, 0.4) is 0 Å². The van der Waals surface area contributed by atoms with E-state index < -0.39 is 5.97 Å². The van der Waals surface area contributed by atoms with Crippen LogP contribution in [0.5, 0.6) is 0 Å². The summed E-state index contributed by atoms with van der Waals surface area (Å²) in [5, 5.41) is 17.6. The molecule has 1 amide bonds. The first-order valence-electron chi connectivity index (χ1n) is 9.21. The number of amides is 1. The van der Waals surface area contributed by atoms with E-state index in [1.165, 1.54) is 6.20 Å². The van der Waals surface area contributed by atoms with Crippen molar-refractivity contribution in [2.75, 3.05) is 13.1 Å². The van der Waals surface area contributed by atoms with Crippen molar-refractivity contribution in [2.24, 2.45) is 0 Å². The van der Waals surface area contributed by atoms with Gasteiger partial charge < -0.3 is 10.0 Å². The second kappa shape index (κ2) is 7.30. The molecule has 0 saturated carbocycles. The van der Waals surface area contributed by atoms with Crippen molar-refractivity contribution in [1.82, 2.24) is 24.5 Å². The third kappa shape index (κ3) is 3.28. The lowest BCUT2D eigenvalue weighted by Gasteiger charge is -2.32. The average molecular weight is 379 g/mol. The van der Waals surface area contributed by atoms with E-state index >= 15 is 0 Å². The van der Waals surface area contributed by atoms with Crippen LogP contribution in [0.1, 0.15) is 45.3 Å². The molecule has 4 rings (SSSR count). The number of likely N-dealkylation sites (tertiary alicyclic amines) is 1. The Balaban J connectivity index is 1.41. The molecule has 0 bridgehead atoms. The standard InChI is InChI=1S/C20H21N5O3/c1-14-18(20(27)28)13-22-25(14)17-7-11-23(12-8-17)19(26)15-3-5-16(6-4-15)24-10-2-9-21-24/h2-6,9-10,13,17H,7-8,11-12H2,1H3,(H,27,28). The first kappa shape index (κ1) is 18.0. The molecular weight excluding hydrogens is 358 g/mol. The van der Waals surface area contributed by atoms with Crippen molar-refractivity contribution >= 4 is 11.9 Å². The number of carbonyl (C=O) groups excluding carboxylic acids is 1. The fourth-order valence-electron chi connectivity index (χ4n) is 3.68. The predicted octanol–water partition coefficient (Wildman–Crippen LogP) is 2.55. The zero-order valence-electron chi connectivity index (χ0n) is 15.5. The zero-order valence-corrected chi connectivity index (χ0v) is 15.5. The van der Waals surface area contributed by atoms with Crippen LogP contribution in [0.15, 0.2) is 48.9 Å². The Bertz CT molecular complexity index is 984. The van der Waals surface area contributed by atoms with Crippen LogP contribution in [0.2, 0.25) is 0 Å². The number of carbonyl (C=O) groups is 2. The molecule has 8 heteroatoms. The lowest BCUT2D eigenvalue weighted by Crippen LogP contribution is -2.39. The van der Waals surface area contributed by atoms with Gasteiger partial charge in [0.05, 0.1) is 23.6 Å². The monoisotopic (exact) mass is 379 g/mol. The average Bonchev–Trinajstić information content (AvgIpc) is 3.38. The second-order valence-electron chi connectivity index (χ2n) is 6.91. The van der Waals surface area contributed by atoms with E-state index in [-0.39, 0.29) is 17.5 Å². The van der Waals surface area contributed by atoms with E-state index in [4.69, 9.17) is 0 Å². The van der Waals surface area contributed by atoms with Gasteiger partial charge >= 0.3 is 5.97 Å². The van der Waals surface area contributed by atoms with Gasteiger partial charge in [-0.25, -0.2) is 9.48 Å². The number of rotatable bonds is 4. The fraction of sp³-hybridized carbons (Fsp3) is 0.300. The van der Waals surface area contributed by atoms with Gasteiger partial charge in [0.1, 0.15) is 5.56 Å². The van der Waals surface area contributed by atoms with Crippen LogP contribution < -0.4 is 0 Å². The quantitative estimate of drug-likeness (QED) is 0.752. The third-order valence-corrected chi connectivity index (χ3v) is 5.26. The maximum absolute atomic E-state index is 12.8. The summed E-state index contributed by atoms with van der Waals surface area (Å²) < 4.78 is 3.53. The summed E-state index contributed by atoms with van der Waals surface area (Å²) in [7, 11) is 0. The molecule has 1 aromatic carbocycles. The van der Waals surface area contributed by atoms with Gasteiger partial charge in [-0.2, -0.15) is 10.2 Å². The Hall–Kier alpha value is -3.42. The molecule has 3 aromatic rings. The molecule has 144 valence electrons. The topological polar surface area (TPSA) is 93.3 Å². The zero-order chi connectivity index (χ0) is 19.7. The Labute approximate surface area is 162 Å². The molecule has 8 nitrogen and oxygen atoms in total. The normalized spacial score (nSPS) is 15.0. The minimum atomic E-state index is -0.963. The van der Waals surface area contributed by atoms with Crippen molar-refractivity contribution in [3.05, 3.63) is 65.7 Å². The Morgan fingerprint density at radius 1 is 1.11 bits per heavy atom. The number of aromatic carboxylic acids is 1. The van der Waals surface area contributed by atoms with E-state index in [2.05, 4.69) is 10.2 Å². The van der Waals surface area contributed by atoms with Crippen LogP contribution in [0, 0.1) is 6.92 Å². The van der Waals surface area contributed by atoms with Crippen molar-refractivity contribution in [3.63, 3.8) is 0 Å². The Kier molecular flexibility index (Phi) is 4.68. The minimum Gasteiger partial charge on any atom is -0.478 e. The van der Waals surface area contributed by atoms with Crippen LogP contribution >= 0.6 is 0 Å². The smallest absolute Gasteiger partial charge is 0.339 e. The Morgan fingerprint density at radius 2 is 1.82 bits per heavy atom. The molecule has 1 aliphatic rings. The van der Waals surface area contributed by atoms with E-state index in [1.54, 1.807) is 22.5 Å². The second-order valence-corrected chi connectivity index (χ2v) is 6.91. The molecule has 0 atom stereocenters. The molecule has 1 fully saturated rings. The maximum atomic E-state index is 12.8. The van der Waals surface area contributed by atoms with Gasteiger partial charge in [-0.1, -0.05) is 0 Å². The SMILES string of the molecule is Cc1c(C(=O)O)cnn1C1CCN(C(=O)c2ccc(-n3cccn3)cc2)CC1. The third-order valence-electron chi connectivity index (χ3n) is 5.26. The molecule has 0 radical (unpaired) electrons. The van der Waals surface area contributed by atoms with E-state index in [1.807, 2.05) is 41.4 Å². The van der Waals surface area contributed by atoms with Crippen LogP contribution in [-0.2, 0) is 0 Å². The molecular formula is C20H21N5O3. The van der Waals surface area contributed by atoms with Crippen LogP contribution in [0.25, 0.3) is 5.69 Å². The maximum Gasteiger partial charge on any atom is 0.339 e. The summed E-state index contributed by atoms with van der Waals surface area (Å²) in [4.78, 5) is 25.9. The van der Waals surface area contributed by atoms with Crippen LogP contribution in [-0.4, -0.2) is 54.5 Å². The van der Waals surface area contributed by atoms with Crippen molar-refractivity contribution in [2.45, 2.75) is 25.8 Å². The molecule has 2 aromatic heterocycles. The minimum absolute atomic E-state index is 0.00822. The van der Waals surface area contributed by atoms with Crippen molar-refractivity contribution < 1.29 is 14.7 Å². The Morgan fingerprint density at radius 3 is 2.39 bits per heavy atom. The molecule has 1 saturated heterocycles. The molecule has 0 unspecified atom stereocenters. The highest BCUT2D eigenvalue weighted by molar-refractivity contribution is 5.94. The number of carboxylic acids is 1. The molecule has 1 aliphatic heterocycles. The number of aromatic nitrogens is 4. The van der Waals surface area contributed by atoms with E-state index in [0.717, 1.165) is 18.5 Å².